The first-order valence-corrected chi connectivity index (χ1v) is 5.95. The summed E-state index contributed by atoms with van der Waals surface area (Å²) >= 11 is 0. The molecule has 1 amide bonds. The molecule has 0 spiro atoms. The summed E-state index contributed by atoms with van der Waals surface area (Å²) in [7, 11) is 0. The second kappa shape index (κ2) is 6.45. The number of benzene rings is 1. The van der Waals surface area contributed by atoms with Crippen LogP contribution >= 0.6 is 0 Å². The molecule has 2 N–H and O–H groups in total. The lowest BCUT2D eigenvalue weighted by atomic mass is 10.0. The largest absolute Gasteiger partial charge is 0.416 e. The maximum absolute atomic E-state index is 12.4. The van der Waals surface area contributed by atoms with Crippen LogP contribution in [0.4, 0.5) is 18.9 Å². The van der Waals surface area contributed by atoms with Crippen molar-refractivity contribution in [2.75, 3.05) is 11.9 Å². The second-order valence-corrected chi connectivity index (χ2v) is 4.60. The van der Waals surface area contributed by atoms with Gasteiger partial charge in [0.25, 0.3) is 0 Å². The first-order valence-electron chi connectivity index (χ1n) is 5.95. The van der Waals surface area contributed by atoms with Crippen LogP contribution in [0.2, 0.25) is 0 Å². The summed E-state index contributed by atoms with van der Waals surface area (Å²) in [5.41, 5.74) is -0.0791. The molecule has 6 heteroatoms. The topological polar surface area (TPSA) is 41.1 Å². The third-order valence-electron chi connectivity index (χ3n) is 2.79. The van der Waals surface area contributed by atoms with Gasteiger partial charge in [-0.2, -0.15) is 13.2 Å². The van der Waals surface area contributed by atoms with Crippen LogP contribution in [0.15, 0.2) is 24.3 Å². The molecule has 0 aliphatic heterocycles. The minimum atomic E-state index is -4.32. The zero-order valence-corrected chi connectivity index (χ0v) is 10.8. The van der Waals surface area contributed by atoms with E-state index in [4.69, 9.17) is 0 Å². The quantitative estimate of drug-likeness (QED) is 0.783. The Kier molecular flexibility index (Phi) is 5.20. The highest BCUT2D eigenvalue weighted by Gasteiger charge is 2.30. The third-order valence-corrected chi connectivity index (χ3v) is 2.79. The number of amides is 1. The Labute approximate surface area is 110 Å². The second-order valence-electron chi connectivity index (χ2n) is 4.60. The fourth-order valence-electron chi connectivity index (χ4n) is 1.60. The normalized spacial score (nSPS) is 13.2. The molecule has 0 heterocycles. The Bertz CT molecular complexity index is 401. The fourth-order valence-corrected chi connectivity index (χ4v) is 1.60. The van der Waals surface area contributed by atoms with Crippen molar-refractivity contribution in [3.05, 3.63) is 29.8 Å². The molecule has 3 nitrogen and oxygen atoms in total. The maximum Gasteiger partial charge on any atom is 0.416 e. The summed E-state index contributed by atoms with van der Waals surface area (Å²) in [6.07, 6.45) is -3.72. The van der Waals surface area contributed by atoms with Crippen molar-refractivity contribution < 1.29 is 18.0 Å². The molecule has 1 aromatic rings. The SMILES string of the molecule is CC(C)[C@H](CNC=O)Nc1ccc(C(F)(F)F)cc1. The highest BCUT2D eigenvalue weighted by molar-refractivity contribution is 5.48. The molecule has 0 saturated heterocycles. The molecule has 0 aliphatic carbocycles. The maximum atomic E-state index is 12.4. The van der Waals surface area contributed by atoms with E-state index < -0.39 is 11.7 Å². The van der Waals surface area contributed by atoms with E-state index in [9.17, 15) is 18.0 Å². The van der Waals surface area contributed by atoms with E-state index in [2.05, 4.69) is 10.6 Å². The number of carbonyl (C=O) groups is 1. The number of carbonyl (C=O) groups excluding carboxylic acids is 1. The molecule has 0 aromatic heterocycles. The zero-order valence-electron chi connectivity index (χ0n) is 10.8. The molecule has 1 atom stereocenters. The number of hydrogen-bond donors (Lipinski definition) is 2. The van der Waals surface area contributed by atoms with Crippen molar-refractivity contribution in [1.82, 2.24) is 5.32 Å². The number of alkyl halides is 3. The van der Waals surface area contributed by atoms with Crippen LogP contribution in [-0.2, 0) is 11.0 Å². The standard InChI is InChI=1S/C13H17F3N2O/c1-9(2)12(7-17-8-19)18-11-5-3-10(4-6-11)13(14,15)16/h3-6,8-9,12,18H,7H2,1-2H3,(H,17,19)/t12-/m0/s1. The van der Waals surface area contributed by atoms with E-state index in [0.29, 0.717) is 18.6 Å². The minimum absolute atomic E-state index is 0.0399. The average Bonchev–Trinajstić information content (AvgIpc) is 2.33. The molecule has 0 aliphatic rings. The molecule has 0 radical (unpaired) electrons. The van der Waals surface area contributed by atoms with E-state index in [-0.39, 0.29) is 12.0 Å². The zero-order chi connectivity index (χ0) is 14.5. The van der Waals surface area contributed by atoms with Crippen molar-refractivity contribution in [2.45, 2.75) is 26.1 Å². The molecular formula is C13H17F3N2O. The lowest BCUT2D eigenvalue weighted by molar-refractivity contribution is -0.137. The van der Waals surface area contributed by atoms with E-state index in [1.54, 1.807) is 0 Å². The van der Waals surface area contributed by atoms with Gasteiger partial charge in [0.2, 0.25) is 6.41 Å². The van der Waals surface area contributed by atoms with Crippen molar-refractivity contribution in [3.63, 3.8) is 0 Å². The molecule has 19 heavy (non-hydrogen) atoms. The van der Waals surface area contributed by atoms with E-state index in [0.717, 1.165) is 12.1 Å². The molecule has 1 rings (SSSR count). The highest BCUT2D eigenvalue weighted by atomic mass is 19.4. The summed E-state index contributed by atoms with van der Waals surface area (Å²) in [5.74, 6) is 0.231. The molecule has 0 unspecified atom stereocenters. The number of hydrogen-bond acceptors (Lipinski definition) is 2. The number of anilines is 1. The monoisotopic (exact) mass is 274 g/mol. The van der Waals surface area contributed by atoms with Crippen molar-refractivity contribution in [3.8, 4) is 0 Å². The summed E-state index contributed by atoms with van der Waals surface area (Å²) in [4.78, 5) is 10.3. The first kappa shape index (κ1) is 15.3. The number of nitrogens with one attached hydrogen (secondary N) is 2. The number of rotatable bonds is 6. The Hall–Kier alpha value is -1.72. The van der Waals surface area contributed by atoms with Crippen LogP contribution in [0.1, 0.15) is 19.4 Å². The van der Waals surface area contributed by atoms with E-state index >= 15 is 0 Å². The molecule has 0 fully saturated rings. The fraction of sp³-hybridized carbons (Fsp3) is 0.462. The molecular weight excluding hydrogens is 257 g/mol. The van der Waals surface area contributed by atoms with Gasteiger partial charge in [0.15, 0.2) is 0 Å². The van der Waals surface area contributed by atoms with Gasteiger partial charge in [0.05, 0.1) is 5.56 Å². The van der Waals surface area contributed by atoms with Crippen LogP contribution in [0, 0.1) is 5.92 Å². The Morgan fingerprint density at radius 2 is 1.79 bits per heavy atom. The molecule has 0 bridgehead atoms. The Morgan fingerprint density at radius 3 is 2.21 bits per heavy atom. The van der Waals surface area contributed by atoms with E-state index in [1.165, 1.54) is 12.1 Å². The van der Waals surface area contributed by atoms with Crippen LogP contribution in [0.5, 0.6) is 0 Å². The summed E-state index contributed by atoms with van der Waals surface area (Å²) in [5, 5.41) is 5.67. The van der Waals surface area contributed by atoms with Crippen molar-refractivity contribution in [1.29, 1.82) is 0 Å². The third kappa shape index (κ3) is 4.81. The predicted molar refractivity (Wildman–Crippen MR) is 67.8 cm³/mol. The van der Waals surface area contributed by atoms with Crippen molar-refractivity contribution >= 4 is 12.1 Å². The van der Waals surface area contributed by atoms with Crippen LogP contribution in [0.3, 0.4) is 0 Å². The van der Waals surface area contributed by atoms with Crippen LogP contribution in [0.25, 0.3) is 0 Å². The van der Waals surface area contributed by atoms with Gasteiger partial charge in [-0.3, -0.25) is 4.79 Å². The summed E-state index contributed by atoms with van der Waals surface area (Å²) in [6, 6.07) is 4.81. The van der Waals surface area contributed by atoms with Gasteiger partial charge in [-0.05, 0) is 30.2 Å². The number of halogens is 3. The summed E-state index contributed by atoms with van der Waals surface area (Å²) < 4.78 is 37.2. The molecule has 1 aromatic carbocycles. The van der Waals surface area contributed by atoms with Gasteiger partial charge in [-0.1, -0.05) is 13.8 Å². The molecule has 106 valence electrons. The Morgan fingerprint density at radius 1 is 1.21 bits per heavy atom. The van der Waals surface area contributed by atoms with E-state index in [1.807, 2.05) is 13.8 Å². The van der Waals surface area contributed by atoms with Gasteiger partial charge in [-0.15, -0.1) is 0 Å². The Balaban J connectivity index is 2.72. The van der Waals surface area contributed by atoms with Gasteiger partial charge in [-0.25, -0.2) is 0 Å². The van der Waals surface area contributed by atoms with Gasteiger partial charge in [0, 0.05) is 18.3 Å². The highest BCUT2D eigenvalue weighted by Crippen LogP contribution is 2.30. The lowest BCUT2D eigenvalue weighted by Crippen LogP contribution is -2.36. The van der Waals surface area contributed by atoms with Gasteiger partial charge < -0.3 is 10.6 Å². The van der Waals surface area contributed by atoms with Crippen molar-refractivity contribution in [2.24, 2.45) is 5.92 Å². The van der Waals surface area contributed by atoms with Gasteiger partial charge in [0.1, 0.15) is 0 Å². The first-order chi connectivity index (χ1) is 8.84. The average molecular weight is 274 g/mol. The molecule has 0 saturated carbocycles. The van der Waals surface area contributed by atoms with Crippen LogP contribution in [-0.4, -0.2) is 19.0 Å². The minimum Gasteiger partial charge on any atom is -0.380 e. The summed E-state index contributed by atoms with van der Waals surface area (Å²) in [6.45, 7) is 4.35. The van der Waals surface area contributed by atoms with Gasteiger partial charge >= 0.3 is 6.18 Å². The smallest absolute Gasteiger partial charge is 0.380 e. The predicted octanol–water partition coefficient (Wildman–Crippen LogP) is 2.89. The lowest BCUT2D eigenvalue weighted by Gasteiger charge is -2.23. The van der Waals surface area contributed by atoms with Crippen LogP contribution < -0.4 is 10.6 Å².